The summed E-state index contributed by atoms with van der Waals surface area (Å²) in [6, 6.07) is 0.330. The third-order valence-electron chi connectivity index (χ3n) is 2.78. The average Bonchev–Trinajstić information content (AvgIpc) is 2.14. The monoisotopic (exact) mass is 234 g/mol. The molecule has 0 saturated carbocycles. The lowest BCUT2D eigenvalue weighted by Gasteiger charge is -2.32. The predicted octanol–water partition coefficient (Wildman–Crippen LogP) is 0.656. The van der Waals surface area contributed by atoms with Gasteiger partial charge < -0.3 is 5.32 Å². The third-order valence-corrected chi connectivity index (χ3v) is 4.05. The zero-order valence-electron chi connectivity index (χ0n) is 9.86. The molecular formula is C10H22N2O2S. The molecule has 0 amide bonds. The molecule has 90 valence electrons. The van der Waals surface area contributed by atoms with Crippen molar-refractivity contribution in [3.8, 4) is 0 Å². The molecule has 0 aromatic heterocycles. The molecule has 1 saturated heterocycles. The minimum atomic E-state index is -3.00. The Bertz CT molecular complexity index is 288. The zero-order chi connectivity index (χ0) is 11.5. The molecule has 0 spiro atoms. The average molecular weight is 234 g/mol. The lowest BCUT2D eigenvalue weighted by Crippen LogP contribution is -2.52. The van der Waals surface area contributed by atoms with Crippen LogP contribution < -0.4 is 5.32 Å². The Balaban J connectivity index is 2.43. The summed E-state index contributed by atoms with van der Waals surface area (Å²) >= 11 is 0. The van der Waals surface area contributed by atoms with E-state index in [0.717, 1.165) is 19.4 Å². The van der Waals surface area contributed by atoms with Gasteiger partial charge in [0.25, 0.3) is 0 Å². The van der Waals surface area contributed by atoms with Crippen LogP contribution in [0.15, 0.2) is 0 Å². The van der Waals surface area contributed by atoms with Gasteiger partial charge in [0.15, 0.2) is 0 Å². The Hall–Kier alpha value is -0.130. The smallest absolute Gasteiger partial charge is 0.211 e. The summed E-state index contributed by atoms with van der Waals surface area (Å²) in [5.41, 5.74) is 0. The van der Waals surface area contributed by atoms with E-state index in [1.54, 1.807) is 4.31 Å². The number of nitrogens with zero attached hydrogens (tertiary/aromatic N) is 1. The largest absolute Gasteiger partial charge is 0.311 e. The van der Waals surface area contributed by atoms with Gasteiger partial charge in [0.1, 0.15) is 0 Å². The number of hydrogen-bond donors (Lipinski definition) is 1. The van der Waals surface area contributed by atoms with Gasteiger partial charge in [-0.3, -0.25) is 0 Å². The predicted molar refractivity (Wildman–Crippen MR) is 62.3 cm³/mol. The number of nitrogens with one attached hydrogen (secondary N) is 1. The van der Waals surface area contributed by atoms with Crippen LogP contribution in [-0.2, 0) is 10.0 Å². The lowest BCUT2D eigenvalue weighted by atomic mass is 10.0. The molecule has 1 fully saturated rings. The SMILES string of the molecule is CC(C)CCC1CN(S(C)(=O)=O)CCN1. The van der Waals surface area contributed by atoms with Gasteiger partial charge in [-0.2, -0.15) is 4.31 Å². The topological polar surface area (TPSA) is 49.4 Å². The molecule has 4 nitrogen and oxygen atoms in total. The van der Waals surface area contributed by atoms with E-state index in [1.807, 2.05) is 0 Å². The van der Waals surface area contributed by atoms with Crippen molar-refractivity contribution in [1.82, 2.24) is 9.62 Å². The van der Waals surface area contributed by atoms with E-state index >= 15 is 0 Å². The summed E-state index contributed by atoms with van der Waals surface area (Å²) in [5, 5.41) is 3.37. The highest BCUT2D eigenvalue weighted by Crippen LogP contribution is 2.12. The number of rotatable bonds is 4. The zero-order valence-corrected chi connectivity index (χ0v) is 10.7. The Morgan fingerprint density at radius 2 is 2.13 bits per heavy atom. The number of piperazine rings is 1. The highest BCUT2D eigenvalue weighted by Gasteiger charge is 2.24. The summed E-state index contributed by atoms with van der Waals surface area (Å²) in [6.07, 6.45) is 3.50. The van der Waals surface area contributed by atoms with Crippen molar-refractivity contribution in [2.75, 3.05) is 25.9 Å². The Kier molecular flexibility index (Phi) is 4.55. The molecular weight excluding hydrogens is 212 g/mol. The number of sulfonamides is 1. The van der Waals surface area contributed by atoms with Gasteiger partial charge in [0.2, 0.25) is 10.0 Å². The standard InChI is InChI=1S/C10H22N2O2S/c1-9(2)4-5-10-8-12(7-6-11-10)15(3,13)14/h9-11H,4-8H2,1-3H3. The van der Waals surface area contributed by atoms with E-state index in [4.69, 9.17) is 0 Å². The molecule has 1 rings (SSSR count). The molecule has 0 aromatic carbocycles. The first-order valence-corrected chi connectivity index (χ1v) is 7.43. The van der Waals surface area contributed by atoms with Crippen molar-refractivity contribution in [2.24, 2.45) is 5.92 Å². The fraction of sp³-hybridized carbons (Fsp3) is 1.00. The van der Waals surface area contributed by atoms with Crippen molar-refractivity contribution in [3.05, 3.63) is 0 Å². The van der Waals surface area contributed by atoms with Gasteiger partial charge in [-0.15, -0.1) is 0 Å². The summed E-state index contributed by atoms with van der Waals surface area (Å²) in [5.74, 6) is 0.681. The molecule has 1 aliphatic rings. The van der Waals surface area contributed by atoms with E-state index < -0.39 is 10.0 Å². The van der Waals surface area contributed by atoms with Crippen LogP contribution in [0.4, 0.5) is 0 Å². The van der Waals surface area contributed by atoms with Gasteiger partial charge in [0, 0.05) is 25.7 Å². The second-order valence-electron chi connectivity index (χ2n) is 4.74. The van der Waals surface area contributed by atoms with E-state index in [1.165, 1.54) is 6.26 Å². The fourth-order valence-electron chi connectivity index (χ4n) is 1.82. The van der Waals surface area contributed by atoms with E-state index in [9.17, 15) is 8.42 Å². The fourth-order valence-corrected chi connectivity index (χ4v) is 2.70. The minimum Gasteiger partial charge on any atom is -0.311 e. The van der Waals surface area contributed by atoms with Crippen molar-refractivity contribution in [2.45, 2.75) is 32.7 Å². The van der Waals surface area contributed by atoms with Gasteiger partial charge in [-0.1, -0.05) is 13.8 Å². The summed E-state index contributed by atoms with van der Waals surface area (Å²) < 4.78 is 24.3. The molecule has 1 aliphatic heterocycles. The Labute approximate surface area is 93.1 Å². The van der Waals surface area contributed by atoms with Crippen molar-refractivity contribution in [1.29, 1.82) is 0 Å². The first kappa shape index (κ1) is 12.9. The van der Waals surface area contributed by atoms with Crippen LogP contribution in [-0.4, -0.2) is 44.7 Å². The minimum absolute atomic E-state index is 0.330. The molecule has 1 N–H and O–H groups in total. The van der Waals surface area contributed by atoms with Gasteiger partial charge in [-0.05, 0) is 18.8 Å². The van der Waals surface area contributed by atoms with Gasteiger partial charge >= 0.3 is 0 Å². The van der Waals surface area contributed by atoms with Crippen LogP contribution in [0.1, 0.15) is 26.7 Å². The molecule has 0 radical (unpaired) electrons. The highest BCUT2D eigenvalue weighted by molar-refractivity contribution is 7.88. The molecule has 0 aliphatic carbocycles. The van der Waals surface area contributed by atoms with Crippen molar-refractivity contribution >= 4 is 10.0 Å². The van der Waals surface area contributed by atoms with Crippen molar-refractivity contribution in [3.63, 3.8) is 0 Å². The molecule has 1 heterocycles. The molecule has 0 bridgehead atoms. The van der Waals surface area contributed by atoms with Crippen LogP contribution in [0.3, 0.4) is 0 Å². The van der Waals surface area contributed by atoms with Crippen LogP contribution in [0, 0.1) is 5.92 Å². The normalized spacial score (nSPS) is 24.7. The lowest BCUT2D eigenvalue weighted by molar-refractivity contribution is 0.280. The second-order valence-corrected chi connectivity index (χ2v) is 6.73. The van der Waals surface area contributed by atoms with E-state index in [0.29, 0.717) is 25.0 Å². The quantitative estimate of drug-likeness (QED) is 0.777. The summed E-state index contributed by atoms with van der Waals surface area (Å²) in [7, 11) is -3.00. The maximum atomic E-state index is 11.4. The molecule has 1 atom stereocenters. The van der Waals surface area contributed by atoms with Gasteiger partial charge in [-0.25, -0.2) is 8.42 Å². The number of hydrogen-bond acceptors (Lipinski definition) is 3. The Morgan fingerprint density at radius 3 is 2.67 bits per heavy atom. The summed E-state index contributed by atoms with van der Waals surface area (Å²) in [6.45, 7) is 6.40. The van der Waals surface area contributed by atoms with Crippen LogP contribution in [0.5, 0.6) is 0 Å². The van der Waals surface area contributed by atoms with E-state index in [-0.39, 0.29) is 0 Å². The highest BCUT2D eigenvalue weighted by atomic mass is 32.2. The maximum Gasteiger partial charge on any atom is 0.211 e. The van der Waals surface area contributed by atoms with Crippen LogP contribution in [0.2, 0.25) is 0 Å². The molecule has 5 heteroatoms. The summed E-state index contributed by atoms with van der Waals surface area (Å²) in [4.78, 5) is 0. The molecule has 1 unspecified atom stereocenters. The Morgan fingerprint density at radius 1 is 1.47 bits per heavy atom. The van der Waals surface area contributed by atoms with Crippen molar-refractivity contribution < 1.29 is 8.42 Å². The first-order chi connectivity index (χ1) is 6.89. The van der Waals surface area contributed by atoms with Crippen LogP contribution in [0.25, 0.3) is 0 Å². The first-order valence-electron chi connectivity index (χ1n) is 5.58. The maximum absolute atomic E-state index is 11.4. The second kappa shape index (κ2) is 5.27. The molecule has 15 heavy (non-hydrogen) atoms. The van der Waals surface area contributed by atoms with Gasteiger partial charge in [0.05, 0.1) is 6.26 Å². The molecule has 0 aromatic rings. The third kappa shape index (κ3) is 4.49. The van der Waals surface area contributed by atoms with Crippen LogP contribution >= 0.6 is 0 Å². The van der Waals surface area contributed by atoms with E-state index in [2.05, 4.69) is 19.2 Å².